The third-order valence-corrected chi connectivity index (χ3v) is 2.00. The molecule has 0 aromatic heterocycles. The fourth-order valence-electron chi connectivity index (χ4n) is 0.794. The zero-order valence-corrected chi connectivity index (χ0v) is 7.75. The van der Waals surface area contributed by atoms with Gasteiger partial charge in [-0.1, -0.05) is 12.1 Å². The molecular weight excluding hydrogens is 218 g/mol. The van der Waals surface area contributed by atoms with Gasteiger partial charge in [-0.2, -0.15) is 5.26 Å². The van der Waals surface area contributed by atoms with Gasteiger partial charge in [0.05, 0.1) is 10.5 Å². The molecule has 0 spiro atoms. The lowest BCUT2D eigenvalue weighted by molar-refractivity contribution is 0.470. The largest absolute Gasteiger partial charge is 0.506 e. The normalized spacial score (nSPS) is 10.0. The molecule has 0 saturated carbocycles. The standard InChI is InChI=1S/C9H6BrNO/c10-8-5-1-3-7(9(8)12)4-2-6-11/h1-5,12H. The second-order valence-corrected chi connectivity index (χ2v) is 2.99. The zero-order valence-electron chi connectivity index (χ0n) is 6.16. The van der Waals surface area contributed by atoms with E-state index in [9.17, 15) is 5.11 Å². The second kappa shape index (κ2) is 3.93. The Morgan fingerprint density at radius 3 is 2.92 bits per heavy atom. The van der Waals surface area contributed by atoms with E-state index in [2.05, 4.69) is 15.9 Å². The minimum atomic E-state index is 0.156. The number of rotatable bonds is 1. The molecule has 1 N–H and O–H groups in total. The Balaban J connectivity index is 3.10. The molecular formula is C9H6BrNO. The first-order chi connectivity index (χ1) is 5.75. The Bertz CT molecular complexity index is 352. The van der Waals surface area contributed by atoms with E-state index in [-0.39, 0.29) is 5.75 Å². The van der Waals surface area contributed by atoms with Gasteiger partial charge in [-0.05, 0) is 28.1 Å². The molecule has 0 aliphatic carbocycles. The molecule has 0 atom stereocenters. The van der Waals surface area contributed by atoms with Gasteiger partial charge in [0.25, 0.3) is 0 Å². The van der Waals surface area contributed by atoms with E-state index < -0.39 is 0 Å². The van der Waals surface area contributed by atoms with Crippen LogP contribution in [0, 0.1) is 11.3 Å². The summed E-state index contributed by atoms with van der Waals surface area (Å²) in [5.74, 6) is 0.156. The third-order valence-electron chi connectivity index (χ3n) is 1.36. The fourth-order valence-corrected chi connectivity index (χ4v) is 1.18. The lowest BCUT2D eigenvalue weighted by Gasteiger charge is -1.99. The van der Waals surface area contributed by atoms with Crippen molar-refractivity contribution in [1.29, 1.82) is 5.26 Å². The maximum absolute atomic E-state index is 9.42. The average molecular weight is 224 g/mol. The van der Waals surface area contributed by atoms with Crippen LogP contribution >= 0.6 is 15.9 Å². The van der Waals surface area contributed by atoms with Crippen LogP contribution in [-0.2, 0) is 0 Å². The topological polar surface area (TPSA) is 44.0 Å². The number of allylic oxidation sites excluding steroid dienone is 1. The minimum absolute atomic E-state index is 0.156. The summed E-state index contributed by atoms with van der Waals surface area (Å²) < 4.78 is 0.627. The van der Waals surface area contributed by atoms with E-state index in [1.807, 2.05) is 6.07 Å². The van der Waals surface area contributed by atoms with Gasteiger partial charge in [-0.25, -0.2) is 0 Å². The van der Waals surface area contributed by atoms with Crippen LogP contribution in [0.5, 0.6) is 5.75 Å². The van der Waals surface area contributed by atoms with Crippen LogP contribution in [0.2, 0.25) is 0 Å². The first-order valence-corrected chi connectivity index (χ1v) is 4.08. The van der Waals surface area contributed by atoms with E-state index in [1.165, 1.54) is 6.08 Å². The number of phenols is 1. The fraction of sp³-hybridized carbons (Fsp3) is 0. The number of nitrogens with zero attached hydrogens (tertiary/aromatic N) is 1. The van der Waals surface area contributed by atoms with Gasteiger partial charge < -0.3 is 5.11 Å². The second-order valence-electron chi connectivity index (χ2n) is 2.14. The number of nitriles is 1. The van der Waals surface area contributed by atoms with E-state index in [1.54, 1.807) is 24.3 Å². The van der Waals surface area contributed by atoms with Crippen molar-refractivity contribution in [3.05, 3.63) is 34.3 Å². The highest BCUT2D eigenvalue weighted by Gasteiger charge is 1.99. The number of aromatic hydroxyl groups is 1. The average Bonchev–Trinajstić information content (AvgIpc) is 2.08. The van der Waals surface area contributed by atoms with Crippen molar-refractivity contribution in [2.24, 2.45) is 0 Å². The Morgan fingerprint density at radius 1 is 1.50 bits per heavy atom. The van der Waals surface area contributed by atoms with Crippen molar-refractivity contribution in [1.82, 2.24) is 0 Å². The molecule has 1 aromatic carbocycles. The molecule has 2 nitrogen and oxygen atoms in total. The van der Waals surface area contributed by atoms with Gasteiger partial charge in [0.15, 0.2) is 0 Å². The van der Waals surface area contributed by atoms with Crippen LogP contribution in [0.4, 0.5) is 0 Å². The van der Waals surface area contributed by atoms with E-state index in [0.717, 1.165) is 0 Å². The molecule has 0 aliphatic rings. The Kier molecular flexibility index (Phi) is 2.89. The molecule has 0 unspecified atom stereocenters. The number of hydrogen-bond donors (Lipinski definition) is 1. The summed E-state index contributed by atoms with van der Waals surface area (Å²) in [4.78, 5) is 0. The number of halogens is 1. The number of hydrogen-bond acceptors (Lipinski definition) is 2. The quantitative estimate of drug-likeness (QED) is 0.745. The van der Waals surface area contributed by atoms with Gasteiger partial charge in [0.2, 0.25) is 0 Å². The Morgan fingerprint density at radius 2 is 2.25 bits per heavy atom. The van der Waals surface area contributed by atoms with Crippen LogP contribution in [0.1, 0.15) is 5.56 Å². The van der Waals surface area contributed by atoms with Crippen molar-refractivity contribution >= 4 is 22.0 Å². The summed E-state index contributed by atoms with van der Waals surface area (Å²) in [7, 11) is 0. The molecule has 0 saturated heterocycles. The molecule has 3 heteroatoms. The van der Waals surface area contributed by atoms with Crippen molar-refractivity contribution in [3.63, 3.8) is 0 Å². The van der Waals surface area contributed by atoms with Crippen molar-refractivity contribution < 1.29 is 5.11 Å². The van der Waals surface area contributed by atoms with E-state index in [0.29, 0.717) is 10.0 Å². The molecule has 60 valence electrons. The summed E-state index contributed by atoms with van der Waals surface area (Å²) in [6, 6.07) is 7.11. The summed E-state index contributed by atoms with van der Waals surface area (Å²) in [5, 5.41) is 17.7. The number of phenolic OH excluding ortho intramolecular Hbond substituents is 1. The van der Waals surface area contributed by atoms with Gasteiger partial charge in [0, 0.05) is 11.6 Å². The number of benzene rings is 1. The lowest BCUT2D eigenvalue weighted by Crippen LogP contribution is -1.74. The van der Waals surface area contributed by atoms with Gasteiger partial charge in [0.1, 0.15) is 5.75 Å². The van der Waals surface area contributed by atoms with Crippen LogP contribution in [0.25, 0.3) is 6.08 Å². The summed E-state index contributed by atoms with van der Waals surface area (Å²) in [5.41, 5.74) is 0.630. The maximum Gasteiger partial charge on any atom is 0.136 e. The first-order valence-electron chi connectivity index (χ1n) is 3.29. The molecule has 0 amide bonds. The highest BCUT2D eigenvalue weighted by atomic mass is 79.9. The van der Waals surface area contributed by atoms with Crippen LogP contribution in [-0.4, -0.2) is 5.11 Å². The van der Waals surface area contributed by atoms with Crippen LogP contribution in [0.3, 0.4) is 0 Å². The van der Waals surface area contributed by atoms with Crippen LogP contribution in [0.15, 0.2) is 28.7 Å². The maximum atomic E-state index is 9.42. The van der Waals surface area contributed by atoms with Crippen molar-refractivity contribution in [3.8, 4) is 11.8 Å². The molecule has 0 bridgehead atoms. The van der Waals surface area contributed by atoms with Gasteiger partial charge in [-0.3, -0.25) is 0 Å². The van der Waals surface area contributed by atoms with Gasteiger partial charge in [-0.15, -0.1) is 0 Å². The Labute approximate surface area is 78.9 Å². The molecule has 0 aliphatic heterocycles. The predicted molar refractivity (Wildman–Crippen MR) is 50.5 cm³/mol. The third kappa shape index (κ3) is 1.86. The molecule has 0 heterocycles. The highest BCUT2D eigenvalue weighted by Crippen LogP contribution is 2.27. The predicted octanol–water partition coefficient (Wildman–Crippen LogP) is 2.69. The minimum Gasteiger partial charge on any atom is -0.506 e. The summed E-state index contributed by atoms with van der Waals surface area (Å²) >= 11 is 3.17. The SMILES string of the molecule is N#CC=Cc1cccc(Br)c1O. The highest BCUT2D eigenvalue weighted by molar-refractivity contribution is 9.10. The lowest BCUT2D eigenvalue weighted by atomic mass is 10.2. The van der Waals surface area contributed by atoms with E-state index >= 15 is 0 Å². The zero-order chi connectivity index (χ0) is 8.97. The molecule has 1 aromatic rings. The van der Waals surface area contributed by atoms with Gasteiger partial charge >= 0.3 is 0 Å². The van der Waals surface area contributed by atoms with Crippen molar-refractivity contribution in [2.45, 2.75) is 0 Å². The summed E-state index contributed by atoms with van der Waals surface area (Å²) in [6.45, 7) is 0. The Hall–Kier alpha value is -1.27. The van der Waals surface area contributed by atoms with Crippen LogP contribution < -0.4 is 0 Å². The number of para-hydroxylation sites is 1. The molecule has 12 heavy (non-hydrogen) atoms. The smallest absolute Gasteiger partial charge is 0.136 e. The summed E-state index contributed by atoms with van der Waals surface area (Å²) in [6.07, 6.45) is 2.88. The van der Waals surface area contributed by atoms with E-state index in [4.69, 9.17) is 5.26 Å². The monoisotopic (exact) mass is 223 g/mol. The molecule has 0 radical (unpaired) electrons. The first kappa shape index (κ1) is 8.82. The van der Waals surface area contributed by atoms with Crippen molar-refractivity contribution in [2.75, 3.05) is 0 Å². The molecule has 1 rings (SSSR count). The molecule has 0 fully saturated rings.